The third kappa shape index (κ3) is 7.01. The van der Waals surface area contributed by atoms with E-state index in [9.17, 15) is 0 Å². The van der Waals surface area contributed by atoms with Gasteiger partial charge >= 0.3 is 0 Å². The third-order valence-electron chi connectivity index (χ3n) is 14.2. The Morgan fingerprint density at radius 3 is 1.07 bits per heavy atom. The number of aromatic nitrogens is 3. The van der Waals surface area contributed by atoms with Gasteiger partial charge in [0.25, 0.3) is 0 Å². The lowest BCUT2D eigenvalue weighted by Gasteiger charge is -2.22. The van der Waals surface area contributed by atoms with Crippen molar-refractivity contribution in [3.8, 4) is 89.8 Å². The Labute approximate surface area is 402 Å². The monoisotopic (exact) mass is 879 g/mol. The number of fused-ring (bicyclic) bond motifs is 9. The molecule has 12 aromatic rings. The van der Waals surface area contributed by atoms with Crippen molar-refractivity contribution in [1.82, 2.24) is 15.0 Å². The first kappa shape index (κ1) is 40.5. The zero-order valence-electron chi connectivity index (χ0n) is 38.4. The first-order valence-electron chi connectivity index (χ1n) is 23.7. The van der Waals surface area contributed by atoms with Crippen molar-refractivity contribution in [1.29, 1.82) is 0 Å². The van der Waals surface area contributed by atoms with E-state index in [0.29, 0.717) is 17.5 Å². The number of benzene rings is 11. The average Bonchev–Trinajstić information content (AvgIpc) is 3.65. The summed E-state index contributed by atoms with van der Waals surface area (Å²) in [6, 6.07) is 85.1. The largest absolute Gasteiger partial charge is 0.208 e. The van der Waals surface area contributed by atoms with Gasteiger partial charge < -0.3 is 0 Å². The van der Waals surface area contributed by atoms with Gasteiger partial charge in [0.1, 0.15) is 0 Å². The Hall–Kier alpha value is -8.79. The Kier molecular flexibility index (Phi) is 9.52. The lowest BCUT2D eigenvalue weighted by molar-refractivity contribution is 0.661. The van der Waals surface area contributed by atoms with Crippen molar-refractivity contribution in [3.05, 3.63) is 248 Å². The van der Waals surface area contributed by atoms with E-state index in [0.717, 1.165) is 61.2 Å². The molecule has 3 heteroatoms. The smallest absolute Gasteiger partial charge is 0.164 e. The van der Waals surface area contributed by atoms with E-state index in [-0.39, 0.29) is 5.41 Å². The molecule has 324 valence electrons. The van der Waals surface area contributed by atoms with Crippen LogP contribution in [0.3, 0.4) is 0 Å². The fourth-order valence-electron chi connectivity index (χ4n) is 10.8. The molecule has 13 rings (SSSR count). The van der Waals surface area contributed by atoms with Gasteiger partial charge in [-0.1, -0.05) is 196 Å². The molecule has 1 heterocycles. The molecule has 0 radical (unpaired) electrons. The van der Waals surface area contributed by atoms with Crippen LogP contribution < -0.4 is 0 Å². The molecule has 0 atom stereocenters. The molecule has 11 aromatic carbocycles. The van der Waals surface area contributed by atoms with E-state index in [1.165, 1.54) is 54.6 Å². The highest BCUT2D eigenvalue weighted by Gasteiger charge is 2.35. The number of hydrogen-bond donors (Lipinski definition) is 0. The molecule has 0 fully saturated rings. The van der Waals surface area contributed by atoms with Crippen molar-refractivity contribution >= 4 is 32.3 Å². The quantitative estimate of drug-likeness (QED) is 0.150. The molecule has 0 saturated heterocycles. The fraction of sp³-hybridized carbons (Fsp3) is 0.0455. The molecule has 0 spiro atoms. The van der Waals surface area contributed by atoms with Gasteiger partial charge in [-0.05, 0) is 154 Å². The zero-order valence-corrected chi connectivity index (χ0v) is 38.4. The van der Waals surface area contributed by atoms with Crippen molar-refractivity contribution in [3.63, 3.8) is 0 Å². The standard InChI is InChI=1S/C66H45N3/c1-66(2)61-30-18-17-29-56(61)60-40-58-54-28-16-15-27-53(54)57-39-46(31-32-55(57)59(58)41-62(60)66)63-67-64(51-35-47(42-19-7-3-8-20-42)33-48(36-51)43-21-9-4-10-22-43)69-65(68-63)52-37-49(44-23-11-5-12-24-44)34-50(38-52)45-25-13-6-14-26-45/h3-41H,1-2H3. The number of nitrogens with zero attached hydrogens (tertiary/aromatic N) is 3. The second kappa shape index (κ2) is 16.2. The first-order chi connectivity index (χ1) is 33.9. The van der Waals surface area contributed by atoms with E-state index in [1.54, 1.807) is 0 Å². The lowest BCUT2D eigenvalue weighted by Crippen LogP contribution is -2.14. The highest BCUT2D eigenvalue weighted by Crippen LogP contribution is 2.51. The summed E-state index contributed by atoms with van der Waals surface area (Å²) in [4.78, 5) is 16.3. The summed E-state index contributed by atoms with van der Waals surface area (Å²) in [6.45, 7) is 4.72. The van der Waals surface area contributed by atoms with Crippen LogP contribution in [0.1, 0.15) is 25.0 Å². The Morgan fingerprint density at radius 2 is 0.594 bits per heavy atom. The maximum atomic E-state index is 5.45. The fourth-order valence-corrected chi connectivity index (χ4v) is 10.8. The minimum atomic E-state index is -0.119. The summed E-state index contributed by atoms with van der Waals surface area (Å²) in [5, 5.41) is 7.33. The molecule has 0 unspecified atom stereocenters. The second-order valence-electron chi connectivity index (χ2n) is 18.8. The minimum Gasteiger partial charge on any atom is -0.208 e. The molecule has 0 aliphatic heterocycles. The predicted octanol–water partition coefficient (Wildman–Crippen LogP) is 17.3. The summed E-state index contributed by atoms with van der Waals surface area (Å²) in [7, 11) is 0. The molecule has 3 nitrogen and oxygen atoms in total. The Morgan fingerprint density at radius 1 is 0.232 bits per heavy atom. The summed E-state index contributed by atoms with van der Waals surface area (Å²) in [6.07, 6.45) is 0. The van der Waals surface area contributed by atoms with Crippen molar-refractivity contribution in [2.24, 2.45) is 0 Å². The van der Waals surface area contributed by atoms with Crippen molar-refractivity contribution < 1.29 is 0 Å². The zero-order chi connectivity index (χ0) is 46.1. The van der Waals surface area contributed by atoms with Gasteiger partial charge in [-0.3, -0.25) is 0 Å². The van der Waals surface area contributed by atoms with Gasteiger partial charge in [0.2, 0.25) is 0 Å². The summed E-state index contributed by atoms with van der Waals surface area (Å²) in [5.41, 5.74) is 16.9. The highest BCUT2D eigenvalue weighted by molar-refractivity contribution is 6.26. The van der Waals surface area contributed by atoms with Crippen LogP contribution in [0.15, 0.2) is 237 Å². The van der Waals surface area contributed by atoms with Crippen LogP contribution in [0.25, 0.3) is 122 Å². The number of rotatable bonds is 7. The normalized spacial score (nSPS) is 12.6. The molecular weight excluding hydrogens is 835 g/mol. The maximum absolute atomic E-state index is 5.45. The molecule has 1 aliphatic carbocycles. The molecule has 0 saturated carbocycles. The van der Waals surface area contributed by atoms with Gasteiger partial charge in [0.15, 0.2) is 17.5 Å². The highest BCUT2D eigenvalue weighted by atomic mass is 15.0. The molecule has 1 aliphatic rings. The molecule has 0 N–H and O–H groups in total. The predicted molar refractivity (Wildman–Crippen MR) is 288 cm³/mol. The van der Waals surface area contributed by atoms with Crippen molar-refractivity contribution in [2.75, 3.05) is 0 Å². The topological polar surface area (TPSA) is 38.7 Å². The van der Waals surface area contributed by atoms with E-state index < -0.39 is 0 Å². The van der Waals surface area contributed by atoms with E-state index in [4.69, 9.17) is 15.0 Å². The van der Waals surface area contributed by atoms with Crippen LogP contribution >= 0.6 is 0 Å². The van der Waals surface area contributed by atoms with Crippen LogP contribution in [0, 0.1) is 0 Å². The minimum absolute atomic E-state index is 0.119. The molecule has 0 amide bonds. The molecule has 69 heavy (non-hydrogen) atoms. The Bertz CT molecular complexity index is 3690. The number of hydrogen-bond acceptors (Lipinski definition) is 3. The van der Waals surface area contributed by atoms with Crippen LogP contribution in [0.2, 0.25) is 0 Å². The molecule has 0 bridgehead atoms. The van der Waals surface area contributed by atoms with Crippen LogP contribution in [0.4, 0.5) is 0 Å². The van der Waals surface area contributed by atoms with Gasteiger partial charge in [-0.15, -0.1) is 0 Å². The summed E-state index contributed by atoms with van der Waals surface area (Å²) >= 11 is 0. The lowest BCUT2D eigenvalue weighted by atomic mass is 9.81. The van der Waals surface area contributed by atoms with E-state index in [2.05, 4.69) is 250 Å². The SMILES string of the molecule is CC1(C)c2ccccc2-c2cc3c4ccccc4c4cc(-c5nc(-c6cc(-c7ccccc7)cc(-c7ccccc7)c6)nc(-c6cc(-c7ccccc7)cc(-c7ccccc7)c6)n5)ccc4c3cc21. The average molecular weight is 880 g/mol. The van der Waals surface area contributed by atoms with Gasteiger partial charge in [0, 0.05) is 22.1 Å². The third-order valence-corrected chi connectivity index (χ3v) is 14.2. The van der Waals surface area contributed by atoms with Gasteiger partial charge in [-0.25, -0.2) is 15.0 Å². The van der Waals surface area contributed by atoms with Gasteiger partial charge in [0.05, 0.1) is 0 Å². The first-order valence-corrected chi connectivity index (χ1v) is 23.7. The summed E-state index contributed by atoms with van der Waals surface area (Å²) < 4.78 is 0. The van der Waals surface area contributed by atoms with E-state index >= 15 is 0 Å². The van der Waals surface area contributed by atoms with Gasteiger partial charge in [-0.2, -0.15) is 0 Å². The van der Waals surface area contributed by atoms with Crippen LogP contribution in [-0.4, -0.2) is 15.0 Å². The molecular formula is C66H45N3. The summed E-state index contributed by atoms with van der Waals surface area (Å²) in [5.74, 6) is 1.83. The van der Waals surface area contributed by atoms with Crippen LogP contribution in [-0.2, 0) is 5.41 Å². The second-order valence-corrected chi connectivity index (χ2v) is 18.8. The van der Waals surface area contributed by atoms with E-state index in [1.807, 2.05) is 0 Å². The van der Waals surface area contributed by atoms with Crippen molar-refractivity contribution in [2.45, 2.75) is 19.3 Å². The van der Waals surface area contributed by atoms with Crippen LogP contribution in [0.5, 0.6) is 0 Å². The molecule has 1 aromatic heterocycles. The maximum Gasteiger partial charge on any atom is 0.164 e. The Balaban J connectivity index is 1.06.